The van der Waals surface area contributed by atoms with Crippen LogP contribution in [-0.4, -0.2) is 17.9 Å². The van der Waals surface area contributed by atoms with Crippen LogP contribution >= 0.6 is 27.3 Å². The van der Waals surface area contributed by atoms with E-state index in [1.54, 1.807) is 11.3 Å². The molecule has 0 aliphatic heterocycles. The summed E-state index contributed by atoms with van der Waals surface area (Å²) in [6, 6.07) is 2.20. The molecule has 0 amide bonds. The Morgan fingerprint density at radius 2 is 2.36 bits per heavy atom. The molecule has 0 saturated heterocycles. The monoisotopic (exact) mass is 275 g/mol. The van der Waals surface area contributed by atoms with E-state index in [0.29, 0.717) is 4.83 Å². The fourth-order valence-corrected chi connectivity index (χ4v) is 2.19. The van der Waals surface area contributed by atoms with Crippen molar-refractivity contribution in [2.75, 3.05) is 13.1 Å². The minimum absolute atomic E-state index is 0.677. The molecule has 80 valence electrons. The molecule has 1 heterocycles. The molecule has 3 heteroatoms. The SMILES string of the molecule is CCC(Br)CCNCCc1ccsc1. The van der Waals surface area contributed by atoms with E-state index < -0.39 is 0 Å². The van der Waals surface area contributed by atoms with E-state index in [2.05, 4.69) is 45.0 Å². The Morgan fingerprint density at radius 1 is 1.50 bits per heavy atom. The van der Waals surface area contributed by atoms with Gasteiger partial charge in [-0.25, -0.2) is 0 Å². The van der Waals surface area contributed by atoms with Crippen LogP contribution in [0.15, 0.2) is 16.8 Å². The van der Waals surface area contributed by atoms with Crippen molar-refractivity contribution in [2.24, 2.45) is 0 Å². The maximum Gasteiger partial charge on any atom is 0.0155 e. The number of halogens is 1. The van der Waals surface area contributed by atoms with E-state index in [9.17, 15) is 0 Å². The summed E-state index contributed by atoms with van der Waals surface area (Å²) in [5.74, 6) is 0. The van der Waals surface area contributed by atoms with Crippen molar-refractivity contribution in [2.45, 2.75) is 31.0 Å². The van der Waals surface area contributed by atoms with Gasteiger partial charge in [0, 0.05) is 4.83 Å². The molecule has 0 aliphatic carbocycles. The van der Waals surface area contributed by atoms with Crippen molar-refractivity contribution >= 4 is 27.3 Å². The first-order chi connectivity index (χ1) is 6.83. The molecule has 0 bridgehead atoms. The number of hydrogen-bond donors (Lipinski definition) is 1. The summed E-state index contributed by atoms with van der Waals surface area (Å²) in [5, 5.41) is 7.83. The molecule has 1 atom stereocenters. The molecule has 1 rings (SSSR count). The normalized spacial score (nSPS) is 13.0. The van der Waals surface area contributed by atoms with Gasteiger partial charge in [0.05, 0.1) is 0 Å². The van der Waals surface area contributed by atoms with Gasteiger partial charge in [-0.05, 0) is 54.7 Å². The first kappa shape index (κ1) is 12.2. The van der Waals surface area contributed by atoms with Gasteiger partial charge in [0.1, 0.15) is 0 Å². The van der Waals surface area contributed by atoms with E-state index in [0.717, 1.165) is 19.5 Å². The van der Waals surface area contributed by atoms with Gasteiger partial charge in [-0.3, -0.25) is 0 Å². The van der Waals surface area contributed by atoms with Gasteiger partial charge in [-0.2, -0.15) is 11.3 Å². The average Bonchev–Trinajstić information content (AvgIpc) is 2.69. The molecule has 1 unspecified atom stereocenters. The third-order valence-electron chi connectivity index (χ3n) is 2.25. The number of alkyl halides is 1. The van der Waals surface area contributed by atoms with Crippen LogP contribution in [0.2, 0.25) is 0 Å². The second-order valence-corrected chi connectivity index (χ2v) is 5.50. The van der Waals surface area contributed by atoms with Crippen molar-refractivity contribution in [3.8, 4) is 0 Å². The third kappa shape index (κ3) is 5.13. The molecule has 0 aromatic carbocycles. The third-order valence-corrected chi connectivity index (χ3v) is 4.09. The summed E-state index contributed by atoms with van der Waals surface area (Å²) in [4.78, 5) is 0.677. The van der Waals surface area contributed by atoms with Crippen LogP contribution in [0.1, 0.15) is 25.3 Å². The molecule has 0 saturated carbocycles. The summed E-state index contributed by atoms with van der Waals surface area (Å²) in [5.41, 5.74) is 1.45. The highest BCUT2D eigenvalue weighted by Crippen LogP contribution is 2.08. The van der Waals surface area contributed by atoms with Crippen molar-refractivity contribution in [3.63, 3.8) is 0 Å². The Labute approximate surface area is 99.0 Å². The molecule has 0 fully saturated rings. The molecular weight excluding hydrogens is 258 g/mol. The summed E-state index contributed by atoms with van der Waals surface area (Å²) >= 11 is 5.41. The molecule has 14 heavy (non-hydrogen) atoms. The predicted molar refractivity (Wildman–Crippen MR) is 68.5 cm³/mol. The van der Waals surface area contributed by atoms with E-state index in [1.807, 2.05) is 0 Å². The lowest BCUT2D eigenvalue weighted by atomic mass is 10.2. The van der Waals surface area contributed by atoms with Crippen LogP contribution in [0.4, 0.5) is 0 Å². The van der Waals surface area contributed by atoms with Crippen LogP contribution in [0.3, 0.4) is 0 Å². The van der Waals surface area contributed by atoms with E-state index in [1.165, 1.54) is 18.4 Å². The van der Waals surface area contributed by atoms with Crippen molar-refractivity contribution in [1.29, 1.82) is 0 Å². The Bertz CT molecular complexity index is 223. The van der Waals surface area contributed by atoms with Gasteiger partial charge in [0.25, 0.3) is 0 Å². The number of rotatable bonds is 7. The summed E-state index contributed by atoms with van der Waals surface area (Å²) in [7, 11) is 0. The average molecular weight is 276 g/mol. The minimum atomic E-state index is 0.677. The Morgan fingerprint density at radius 3 is 3.00 bits per heavy atom. The molecular formula is C11H18BrNS. The van der Waals surface area contributed by atoms with Crippen LogP contribution in [0.25, 0.3) is 0 Å². The molecule has 0 radical (unpaired) electrons. The van der Waals surface area contributed by atoms with Crippen LogP contribution in [0.5, 0.6) is 0 Å². The van der Waals surface area contributed by atoms with Crippen LogP contribution < -0.4 is 5.32 Å². The van der Waals surface area contributed by atoms with Crippen molar-refractivity contribution in [3.05, 3.63) is 22.4 Å². The number of hydrogen-bond acceptors (Lipinski definition) is 2. The summed E-state index contributed by atoms with van der Waals surface area (Å²) in [6.07, 6.45) is 3.59. The lowest BCUT2D eigenvalue weighted by Crippen LogP contribution is -2.20. The highest BCUT2D eigenvalue weighted by molar-refractivity contribution is 9.09. The van der Waals surface area contributed by atoms with E-state index in [4.69, 9.17) is 0 Å². The van der Waals surface area contributed by atoms with Gasteiger partial charge >= 0.3 is 0 Å². The zero-order valence-electron chi connectivity index (χ0n) is 8.63. The zero-order chi connectivity index (χ0) is 10.2. The smallest absolute Gasteiger partial charge is 0.0155 e. The fraction of sp³-hybridized carbons (Fsp3) is 0.636. The van der Waals surface area contributed by atoms with Crippen LogP contribution in [0, 0.1) is 0 Å². The minimum Gasteiger partial charge on any atom is -0.316 e. The molecule has 1 aromatic heterocycles. The van der Waals surface area contributed by atoms with Gasteiger partial charge in [-0.1, -0.05) is 22.9 Å². The largest absolute Gasteiger partial charge is 0.316 e. The topological polar surface area (TPSA) is 12.0 Å². The first-order valence-corrected chi connectivity index (χ1v) is 7.04. The molecule has 0 spiro atoms. The van der Waals surface area contributed by atoms with E-state index in [-0.39, 0.29) is 0 Å². The first-order valence-electron chi connectivity index (χ1n) is 5.18. The molecule has 1 aromatic rings. The van der Waals surface area contributed by atoms with Crippen molar-refractivity contribution in [1.82, 2.24) is 5.32 Å². The highest BCUT2D eigenvalue weighted by atomic mass is 79.9. The highest BCUT2D eigenvalue weighted by Gasteiger charge is 1.99. The Balaban J connectivity index is 1.95. The second-order valence-electron chi connectivity index (χ2n) is 3.43. The molecule has 1 N–H and O–H groups in total. The van der Waals surface area contributed by atoms with Crippen LogP contribution in [-0.2, 0) is 6.42 Å². The summed E-state index contributed by atoms with van der Waals surface area (Å²) < 4.78 is 0. The molecule has 1 nitrogen and oxygen atoms in total. The predicted octanol–water partition coefficient (Wildman–Crippen LogP) is 3.44. The zero-order valence-corrected chi connectivity index (χ0v) is 11.0. The van der Waals surface area contributed by atoms with E-state index >= 15 is 0 Å². The van der Waals surface area contributed by atoms with Gasteiger partial charge in [0.15, 0.2) is 0 Å². The Kier molecular flexibility index (Phi) is 6.48. The lowest BCUT2D eigenvalue weighted by molar-refractivity contribution is 0.630. The van der Waals surface area contributed by atoms with Gasteiger partial charge in [-0.15, -0.1) is 0 Å². The van der Waals surface area contributed by atoms with Crippen molar-refractivity contribution < 1.29 is 0 Å². The number of thiophene rings is 1. The quantitative estimate of drug-likeness (QED) is 0.594. The maximum absolute atomic E-state index is 3.63. The lowest BCUT2D eigenvalue weighted by Gasteiger charge is -2.07. The summed E-state index contributed by atoms with van der Waals surface area (Å²) in [6.45, 7) is 4.43. The molecule has 0 aliphatic rings. The second kappa shape index (κ2) is 7.43. The van der Waals surface area contributed by atoms with Gasteiger partial charge < -0.3 is 5.32 Å². The maximum atomic E-state index is 3.63. The fourth-order valence-electron chi connectivity index (χ4n) is 1.26. The number of nitrogens with one attached hydrogen (secondary N) is 1. The Hall–Kier alpha value is 0.140. The van der Waals surface area contributed by atoms with Gasteiger partial charge in [0.2, 0.25) is 0 Å². The standard InChI is InChI=1S/C11H18BrNS/c1-2-11(12)4-7-13-6-3-10-5-8-14-9-10/h5,8-9,11,13H,2-4,6-7H2,1H3.